The second-order valence-electron chi connectivity index (χ2n) is 6.37. The number of likely N-dealkylation sites (N-methyl/N-ethyl adjacent to an activating group) is 1. The third-order valence-electron chi connectivity index (χ3n) is 3.55. The van der Waals surface area contributed by atoms with Crippen molar-refractivity contribution in [2.24, 2.45) is 0 Å². The zero-order chi connectivity index (χ0) is 18.1. The molecule has 1 aromatic carbocycles. The summed E-state index contributed by atoms with van der Waals surface area (Å²) >= 11 is 0. The van der Waals surface area contributed by atoms with E-state index in [1.54, 1.807) is 27.7 Å². The lowest BCUT2D eigenvalue weighted by atomic mass is 10.1. The molecule has 0 fully saturated rings. The monoisotopic (exact) mass is 335 g/mol. The van der Waals surface area contributed by atoms with Crippen LogP contribution in [0.2, 0.25) is 0 Å². The smallest absolute Gasteiger partial charge is 0.278 e. The molecule has 0 atom stereocenters. The molecule has 0 saturated heterocycles. The Morgan fingerprint density at radius 1 is 1.42 bits per heavy atom. The summed E-state index contributed by atoms with van der Waals surface area (Å²) in [7, 11) is 0. The summed E-state index contributed by atoms with van der Waals surface area (Å²) in [6.07, 6.45) is 1.31. The highest BCUT2D eigenvalue weighted by Crippen LogP contribution is 2.22. The van der Waals surface area contributed by atoms with Crippen LogP contribution < -0.4 is 0 Å². The SMILES string of the molecule is CCN(CC(C)(C)O)C(=O)c1nn(-c2ccc(F)cc2C)cc1O. The molecular weight excluding hydrogens is 313 g/mol. The summed E-state index contributed by atoms with van der Waals surface area (Å²) in [6, 6.07) is 4.16. The molecule has 24 heavy (non-hydrogen) atoms. The molecular formula is C17H22FN3O3. The van der Waals surface area contributed by atoms with Gasteiger partial charge in [0.15, 0.2) is 11.4 Å². The van der Waals surface area contributed by atoms with Crippen LogP contribution >= 0.6 is 0 Å². The molecule has 0 aliphatic heterocycles. The lowest BCUT2D eigenvalue weighted by molar-refractivity contribution is 0.0309. The maximum Gasteiger partial charge on any atom is 0.278 e. The van der Waals surface area contributed by atoms with Crippen LogP contribution in [0.1, 0.15) is 36.8 Å². The molecule has 0 aliphatic carbocycles. The molecule has 0 bridgehead atoms. The Morgan fingerprint density at radius 2 is 2.08 bits per heavy atom. The molecule has 1 amide bonds. The van der Waals surface area contributed by atoms with E-state index in [4.69, 9.17) is 0 Å². The summed E-state index contributed by atoms with van der Waals surface area (Å²) in [5.41, 5.74) is 0.0265. The van der Waals surface area contributed by atoms with Crippen molar-refractivity contribution < 1.29 is 19.4 Å². The minimum absolute atomic E-state index is 0.107. The number of carbonyl (C=O) groups excluding carboxylic acids is 1. The van der Waals surface area contributed by atoms with E-state index >= 15 is 0 Å². The fourth-order valence-corrected chi connectivity index (χ4v) is 2.46. The molecule has 0 spiro atoms. The van der Waals surface area contributed by atoms with Crippen LogP contribution in [0.5, 0.6) is 5.75 Å². The summed E-state index contributed by atoms with van der Waals surface area (Å²) in [5, 5.41) is 24.1. The van der Waals surface area contributed by atoms with Gasteiger partial charge in [-0.25, -0.2) is 9.07 Å². The number of hydrogen-bond acceptors (Lipinski definition) is 4. The first-order valence-corrected chi connectivity index (χ1v) is 7.69. The number of halogens is 1. The standard InChI is InChI=1S/C17H22FN3O3/c1-5-20(10-17(3,4)24)16(23)15-14(22)9-21(19-15)13-7-6-12(18)8-11(13)2/h6-9,22,24H,5,10H2,1-4H3. The van der Waals surface area contributed by atoms with E-state index < -0.39 is 11.5 Å². The van der Waals surface area contributed by atoms with Crippen LogP contribution in [0.25, 0.3) is 5.69 Å². The highest BCUT2D eigenvalue weighted by atomic mass is 19.1. The average molecular weight is 335 g/mol. The zero-order valence-electron chi connectivity index (χ0n) is 14.2. The topological polar surface area (TPSA) is 78.6 Å². The van der Waals surface area contributed by atoms with Gasteiger partial charge in [0, 0.05) is 13.1 Å². The van der Waals surface area contributed by atoms with Gasteiger partial charge in [0.05, 0.1) is 17.5 Å². The Bertz CT molecular complexity index is 750. The van der Waals surface area contributed by atoms with Gasteiger partial charge in [-0.15, -0.1) is 0 Å². The number of carbonyl (C=O) groups is 1. The van der Waals surface area contributed by atoms with E-state index in [1.807, 2.05) is 0 Å². The van der Waals surface area contributed by atoms with Crippen LogP contribution in [0, 0.1) is 12.7 Å². The molecule has 7 heteroatoms. The highest BCUT2D eigenvalue weighted by Gasteiger charge is 2.26. The van der Waals surface area contributed by atoms with Crippen molar-refractivity contribution in [1.82, 2.24) is 14.7 Å². The number of rotatable bonds is 5. The summed E-state index contributed by atoms with van der Waals surface area (Å²) in [6.45, 7) is 7.18. The Kier molecular flexibility index (Phi) is 4.94. The third-order valence-corrected chi connectivity index (χ3v) is 3.55. The van der Waals surface area contributed by atoms with Crippen molar-refractivity contribution in [3.05, 3.63) is 41.5 Å². The molecule has 2 aromatic rings. The van der Waals surface area contributed by atoms with E-state index in [-0.39, 0.29) is 23.8 Å². The maximum absolute atomic E-state index is 13.2. The normalized spacial score (nSPS) is 11.6. The molecule has 0 radical (unpaired) electrons. The minimum Gasteiger partial charge on any atom is -0.504 e. The van der Waals surface area contributed by atoms with Gasteiger partial charge in [0.1, 0.15) is 5.82 Å². The molecule has 1 heterocycles. The molecule has 0 aliphatic rings. The Hall–Kier alpha value is -2.41. The molecule has 2 rings (SSSR count). The van der Waals surface area contributed by atoms with Crippen LogP contribution in [0.4, 0.5) is 4.39 Å². The van der Waals surface area contributed by atoms with Crippen molar-refractivity contribution in [1.29, 1.82) is 0 Å². The number of benzene rings is 1. The fourth-order valence-electron chi connectivity index (χ4n) is 2.46. The lowest BCUT2D eigenvalue weighted by Crippen LogP contribution is -2.42. The lowest BCUT2D eigenvalue weighted by Gasteiger charge is -2.27. The van der Waals surface area contributed by atoms with Crippen molar-refractivity contribution in [2.75, 3.05) is 13.1 Å². The molecule has 130 valence electrons. The van der Waals surface area contributed by atoms with E-state index in [2.05, 4.69) is 5.10 Å². The summed E-state index contributed by atoms with van der Waals surface area (Å²) < 4.78 is 14.6. The second-order valence-corrected chi connectivity index (χ2v) is 6.37. The zero-order valence-corrected chi connectivity index (χ0v) is 14.2. The number of aryl methyl sites for hydroxylation is 1. The highest BCUT2D eigenvalue weighted by molar-refractivity contribution is 5.94. The summed E-state index contributed by atoms with van der Waals surface area (Å²) in [4.78, 5) is 14.0. The van der Waals surface area contributed by atoms with Gasteiger partial charge in [-0.3, -0.25) is 4.79 Å². The van der Waals surface area contributed by atoms with Gasteiger partial charge in [-0.2, -0.15) is 5.10 Å². The Morgan fingerprint density at radius 3 is 2.62 bits per heavy atom. The van der Waals surface area contributed by atoms with Gasteiger partial charge in [-0.1, -0.05) is 0 Å². The number of hydrogen-bond donors (Lipinski definition) is 2. The second kappa shape index (κ2) is 6.60. The van der Waals surface area contributed by atoms with Gasteiger partial charge in [0.2, 0.25) is 0 Å². The average Bonchev–Trinajstić information content (AvgIpc) is 2.84. The predicted molar refractivity (Wildman–Crippen MR) is 87.8 cm³/mol. The largest absolute Gasteiger partial charge is 0.504 e. The van der Waals surface area contributed by atoms with Crippen molar-refractivity contribution in [3.8, 4) is 11.4 Å². The van der Waals surface area contributed by atoms with E-state index in [1.165, 1.54) is 34.0 Å². The molecule has 1 aromatic heterocycles. The number of aromatic nitrogens is 2. The maximum atomic E-state index is 13.2. The van der Waals surface area contributed by atoms with Crippen molar-refractivity contribution in [3.63, 3.8) is 0 Å². The first kappa shape index (κ1) is 17.9. The first-order valence-electron chi connectivity index (χ1n) is 7.69. The first-order chi connectivity index (χ1) is 11.1. The van der Waals surface area contributed by atoms with Gasteiger partial charge in [-0.05, 0) is 51.5 Å². The molecule has 2 N–H and O–H groups in total. The van der Waals surface area contributed by atoms with Crippen LogP contribution in [0.3, 0.4) is 0 Å². The quantitative estimate of drug-likeness (QED) is 0.878. The number of aliphatic hydroxyl groups is 1. The Labute approximate surface area is 140 Å². The predicted octanol–water partition coefficient (Wildman–Crippen LogP) is 2.26. The van der Waals surface area contributed by atoms with Gasteiger partial charge in [0.25, 0.3) is 5.91 Å². The van der Waals surface area contributed by atoms with E-state index in [9.17, 15) is 19.4 Å². The third kappa shape index (κ3) is 3.91. The van der Waals surface area contributed by atoms with E-state index in [0.717, 1.165) is 0 Å². The van der Waals surface area contributed by atoms with Crippen LogP contribution in [-0.2, 0) is 0 Å². The van der Waals surface area contributed by atoms with Gasteiger partial charge >= 0.3 is 0 Å². The van der Waals surface area contributed by atoms with E-state index in [0.29, 0.717) is 17.8 Å². The number of amides is 1. The minimum atomic E-state index is -1.06. The van der Waals surface area contributed by atoms with Crippen molar-refractivity contribution in [2.45, 2.75) is 33.3 Å². The number of nitrogens with zero attached hydrogens (tertiary/aromatic N) is 3. The molecule has 6 nitrogen and oxygen atoms in total. The molecule has 0 unspecified atom stereocenters. The van der Waals surface area contributed by atoms with Crippen LogP contribution in [0.15, 0.2) is 24.4 Å². The van der Waals surface area contributed by atoms with Gasteiger partial charge < -0.3 is 15.1 Å². The number of aromatic hydroxyl groups is 1. The summed E-state index contributed by atoms with van der Waals surface area (Å²) in [5.74, 6) is -1.11. The van der Waals surface area contributed by atoms with Crippen LogP contribution in [-0.4, -0.2) is 49.5 Å². The Balaban J connectivity index is 2.35. The van der Waals surface area contributed by atoms with Crippen molar-refractivity contribution >= 4 is 5.91 Å². The molecule has 0 saturated carbocycles. The fraction of sp³-hybridized carbons (Fsp3) is 0.412.